The Labute approximate surface area is 136 Å². The Hall–Kier alpha value is -0.690. The van der Waals surface area contributed by atoms with E-state index in [0.717, 1.165) is 38.4 Å². The summed E-state index contributed by atoms with van der Waals surface area (Å²) in [5.74, 6) is -0.958. The summed E-state index contributed by atoms with van der Waals surface area (Å²) >= 11 is 5.67. The molecule has 1 aromatic rings. The molecule has 1 saturated heterocycles. The maximum atomic E-state index is 13.7. The largest absolute Gasteiger partial charge is 0.299 e. The van der Waals surface area contributed by atoms with Crippen LogP contribution in [0, 0.1) is 5.82 Å². The number of halogens is 2. The number of piperidine rings is 1. The summed E-state index contributed by atoms with van der Waals surface area (Å²) in [5.41, 5.74) is 0.132. The molecule has 1 aliphatic heterocycles. The summed E-state index contributed by atoms with van der Waals surface area (Å²) in [6.07, 6.45) is 3.27. The molecule has 0 aromatic heterocycles. The van der Waals surface area contributed by atoms with Crippen molar-refractivity contribution >= 4 is 21.6 Å². The Bertz CT molecular complexity index is 610. The van der Waals surface area contributed by atoms with E-state index in [2.05, 4.69) is 16.5 Å². The first-order chi connectivity index (χ1) is 10.4. The molecule has 2 rings (SSSR count). The van der Waals surface area contributed by atoms with Gasteiger partial charge < -0.3 is 0 Å². The summed E-state index contributed by atoms with van der Waals surface area (Å²) in [4.78, 5) is 2.29. The van der Waals surface area contributed by atoms with E-state index in [1.54, 1.807) is 0 Å². The minimum atomic E-state index is -3.56. The van der Waals surface area contributed by atoms with Crippen molar-refractivity contribution in [2.75, 3.05) is 19.6 Å². The fourth-order valence-electron chi connectivity index (χ4n) is 2.83. The average Bonchev–Trinajstić information content (AvgIpc) is 2.48. The molecule has 1 atom stereocenters. The molecule has 0 radical (unpaired) electrons. The van der Waals surface area contributed by atoms with Gasteiger partial charge in [0.15, 0.2) is 0 Å². The van der Waals surface area contributed by atoms with Crippen molar-refractivity contribution in [2.24, 2.45) is 0 Å². The van der Waals surface area contributed by atoms with E-state index in [1.165, 1.54) is 12.1 Å². The lowest BCUT2D eigenvalue weighted by Gasteiger charge is -2.34. The zero-order valence-corrected chi connectivity index (χ0v) is 14.3. The van der Waals surface area contributed by atoms with Crippen LogP contribution in [0.1, 0.15) is 31.7 Å². The van der Waals surface area contributed by atoms with Crippen molar-refractivity contribution in [3.8, 4) is 0 Å². The Morgan fingerprint density at radius 2 is 2.18 bits per heavy atom. The van der Waals surface area contributed by atoms with Crippen LogP contribution in [0.5, 0.6) is 0 Å². The third kappa shape index (κ3) is 4.91. The van der Waals surface area contributed by atoms with E-state index in [-0.39, 0.29) is 22.4 Å². The second kappa shape index (κ2) is 7.73. The van der Waals surface area contributed by atoms with E-state index < -0.39 is 15.8 Å². The van der Waals surface area contributed by atoms with Crippen LogP contribution in [0.4, 0.5) is 4.39 Å². The molecule has 7 heteroatoms. The highest BCUT2D eigenvalue weighted by molar-refractivity contribution is 7.88. The minimum absolute atomic E-state index is 0.132. The number of benzene rings is 1. The molecular formula is C15H22ClFN2O2S. The minimum Gasteiger partial charge on any atom is -0.299 e. The lowest BCUT2D eigenvalue weighted by molar-refractivity contribution is 0.158. The Morgan fingerprint density at radius 3 is 2.86 bits per heavy atom. The summed E-state index contributed by atoms with van der Waals surface area (Å²) < 4.78 is 40.6. The molecule has 0 bridgehead atoms. The molecule has 1 aliphatic rings. The summed E-state index contributed by atoms with van der Waals surface area (Å²) in [7, 11) is -3.56. The van der Waals surface area contributed by atoms with Crippen molar-refractivity contribution < 1.29 is 12.8 Å². The molecule has 1 N–H and O–H groups in total. The van der Waals surface area contributed by atoms with Crippen LogP contribution >= 0.6 is 11.6 Å². The predicted molar refractivity (Wildman–Crippen MR) is 86.9 cm³/mol. The number of likely N-dealkylation sites (tertiary alicyclic amines) is 1. The highest BCUT2D eigenvalue weighted by Gasteiger charge is 2.23. The Kier molecular flexibility index (Phi) is 6.20. The van der Waals surface area contributed by atoms with Gasteiger partial charge in [-0.2, -0.15) is 0 Å². The molecule has 22 heavy (non-hydrogen) atoms. The van der Waals surface area contributed by atoms with Crippen LogP contribution in [0.15, 0.2) is 18.2 Å². The van der Waals surface area contributed by atoms with Crippen LogP contribution in [0.25, 0.3) is 0 Å². The fraction of sp³-hybridized carbons (Fsp3) is 0.600. The Balaban J connectivity index is 1.96. The molecular weight excluding hydrogens is 327 g/mol. The fourth-order valence-corrected chi connectivity index (χ4v) is 4.18. The number of nitrogens with one attached hydrogen (secondary N) is 1. The van der Waals surface area contributed by atoms with Crippen LogP contribution in [0.3, 0.4) is 0 Å². The maximum Gasteiger partial charge on any atom is 0.215 e. The lowest BCUT2D eigenvalue weighted by atomic mass is 10.0. The summed E-state index contributed by atoms with van der Waals surface area (Å²) in [5, 5.41) is 0.257. The second-order valence-corrected chi connectivity index (χ2v) is 7.86. The second-order valence-electron chi connectivity index (χ2n) is 5.62. The average molecular weight is 349 g/mol. The van der Waals surface area contributed by atoms with Gasteiger partial charge in [0.05, 0.1) is 5.75 Å². The van der Waals surface area contributed by atoms with Gasteiger partial charge in [0.25, 0.3) is 0 Å². The molecule has 0 saturated carbocycles. The SMILES string of the molecule is CCN1CCCCC1CNS(=O)(=O)Cc1ccc(Cl)cc1F. The zero-order chi connectivity index (χ0) is 16.2. The van der Waals surface area contributed by atoms with Gasteiger partial charge in [0.1, 0.15) is 5.82 Å². The molecule has 0 spiro atoms. The first-order valence-corrected chi connectivity index (χ1v) is 9.59. The quantitative estimate of drug-likeness (QED) is 0.860. The maximum absolute atomic E-state index is 13.7. The van der Waals surface area contributed by atoms with Gasteiger partial charge in [0, 0.05) is 23.2 Å². The van der Waals surface area contributed by atoms with Crippen molar-refractivity contribution in [1.82, 2.24) is 9.62 Å². The van der Waals surface area contributed by atoms with Crippen LogP contribution in [-0.4, -0.2) is 39.0 Å². The smallest absolute Gasteiger partial charge is 0.215 e. The van der Waals surface area contributed by atoms with Gasteiger partial charge in [-0.1, -0.05) is 31.0 Å². The van der Waals surface area contributed by atoms with Crippen LogP contribution < -0.4 is 4.72 Å². The van der Waals surface area contributed by atoms with Gasteiger partial charge in [-0.3, -0.25) is 4.90 Å². The van der Waals surface area contributed by atoms with Crippen LogP contribution in [0.2, 0.25) is 5.02 Å². The standard InChI is InChI=1S/C15H22ClFN2O2S/c1-2-19-8-4-3-5-14(19)10-18-22(20,21)11-12-6-7-13(16)9-15(12)17/h6-7,9,14,18H,2-5,8,10-11H2,1H3. The van der Waals surface area contributed by atoms with E-state index in [1.807, 2.05) is 0 Å². The molecule has 4 nitrogen and oxygen atoms in total. The highest BCUT2D eigenvalue weighted by Crippen LogP contribution is 2.18. The Morgan fingerprint density at radius 1 is 1.41 bits per heavy atom. The highest BCUT2D eigenvalue weighted by atomic mass is 35.5. The molecule has 0 amide bonds. The lowest BCUT2D eigenvalue weighted by Crippen LogP contribution is -2.46. The first kappa shape index (κ1) is 17.7. The monoisotopic (exact) mass is 348 g/mol. The van der Waals surface area contributed by atoms with Crippen LogP contribution in [-0.2, 0) is 15.8 Å². The van der Waals surface area contributed by atoms with Crippen molar-refractivity contribution in [1.29, 1.82) is 0 Å². The number of likely N-dealkylation sites (N-methyl/N-ethyl adjacent to an activating group) is 1. The van der Waals surface area contributed by atoms with Gasteiger partial charge in [-0.15, -0.1) is 0 Å². The van der Waals surface area contributed by atoms with Crippen molar-refractivity contribution in [3.63, 3.8) is 0 Å². The topological polar surface area (TPSA) is 49.4 Å². The number of nitrogens with zero attached hydrogens (tertiary/aromatic N) is 1. The third-order valence-corrected chi connectivity index (χ3v) is 5.59. The first-order valence-electron chi connectivity index (χ1n) is 7.56. The number of hydrogen-bond acceptors (Lipinski definition) is 3. The van der Waals surface area contributed by atoms with E-state index in [9.17, 15) is 12.8 Å². The number of hydrogen-bond donors (Lipinski definition) is 1. The molecule has 1 aromatic carbocycles. The van der Waals surface area contributed by atoms with Gasteiger partial charge in [-0.25, -0.2) is 17.5 Å². The van der Waals surface area contributed by atoms with Crippen molar-refractivity contribution in [3.05, 3.63) is 34.6 Å². The number of rotatable bonds is 6. The third-order valence-electron chi connectivity index (χ3n) is 4.05. The molecule has 124 valence electrons. The molecule has 1 unspecified atom stereocenters. The molecule has 0 aliphatic carbocycles. The van der Waals surface area contributed by atoms with E-state index in [0.29, 0.717) is 6.54 Å². The molecule has 1 heterocycles. The molecule has 1 fully saturated rings. The number of sulfonamides is 1. The summed E-state index contributed by atoms with van der Waals surface area (Å²) in [6, 6.07) is 4.26. The van der Waals surface area contributed by atoms with Gasteiger partial charge in [-0.05, 0) is 38.1 Å². The zero-order valence-electron chi connectivity index (χ0n) is 12.7. The van der Waals surface area contributed by atoms with E-state index in [4.69, 9.17) is 11.6 Å². The van der Waals surface area contributed by atoms with E-state index >= 15 is 0 Å². The van der Waals surface area contributed by atoms with Crippen molar-refractivity contribution in [2.45, 2.75) is 38.0 Å². The summed E-state index contributed by atoms with van der Waals surface area (Å²) in [6.45, 7) is 4.38. The predicted octanol–water partition coefficient (Wildman–Crippen LogP) is 2.77. The normalized spacial score (nSPS) is 20.2. The van der Waals surface area contributed by atoms with Gasteiger partial charge >= 0.3 is 0 Å². The van der Waals surface area contributed by atoms with Gasteiger partial charge in [0.2, 0.25) is 10.0 Å².